The van der Waals surface area contributed by atoms with E-state index in [-0.39, 0.29) is 24.8 Å². The molecule has 154 valence electrons. The number of amides is 2. The van der Waals surface area contributed by atoms with Crippen molar-refractivity contribution in [2.45, 2.75) is 25.4 Å². The van der Waals surface area contributed by atoms with E-state index in [1.807, 2.05) is 4.90 Å². The highest BCUT2D eigenvalue weighted by molar-refractivity contribution is 5.88. The number of benzene rings is 1. The Morgan fingerprint density at radius 3 is 3.00 bits per heavy atom. The monoisotopic (exact) mass is 401 g/mol. The molecule has 2 amide bonds. The summed E-state index contributed by atoms with van der Waals surface area (Å²) < 4.78 is 19.3. The lowest BCUT2D eigenvalue weighted by molar-refractivity contribution is -0.134. The van der Waals surface area contributed by atoms with Crippen LogP contribution in [0.4, 0.5) is 4.39 Å². The first-order chi connectivity index (χ1) is 14.1. The topological polar surface area (TPSA) is 96.5 Å². The zero-order valence-corrected chi connectivity index (χ0v) is 16.2. The van der Waals surface area contributed by atoms with E-state index in [9.17, 15) is 14.0 Å². The van der Waals surface area contributed by atoms with E-state index in [2.05, 4.69) is 20.6 Å². The standard InChI is InChI=1S/C20H24FN5O3/c1-29-16-3-2-14(17(21)10-16)13-26-9-8-25-20(28)18(26)11-19(27)24-5-4-15-12-22-6-7-23-15/h2-3,6-7,10,12,18H,4-5,8-9,11,13H2,1H3,(H,24,27)(H,25,28). The number of ether oxygens (including phenoxy) is 1. The summed E-state index contributed by atoms with van der Waals surface area (Å²) in [6.45, 7) is 1.63. The van der Waals surface area contributed by atoms with Crippen LogP contribution in [0.3, 0.4) is 0 Å². The van der Waals surface area contributed by atoms with E-state index in [0.29, 0.717) is 37.4 Å². The Labute approximate surface area is 168 Å². The summed E-state index contributed by atoms with van der Waals surface area (Å²) in [7, 11) is 1.47. The fourth-order valence-corrected chi connectivity index (χ4v) is 3.21. The maximum Gasteiger partial charge on any atom is 0.237 e. The molecule has 1 unspecified atom stereocenters. The molecule has 0 radical (unpaired) electrons. The van der Waals surface area contributed by atoms with Gasteiger partial charge in [0.15, 0.2) is 0 Å². The van der Waals surface area contributed by atoms with Gasteiger partial charge in [0, 0.05) is 62.8 Å². The summed E-state index contributed by atoms with van der Waals surface area (Å²) in [6.07, 6.45) is 5.39. The van der Waals surface area contributed by atoms with E-state index >= 15 is 0 Å². The van der Waals surface area contributed by atoms with Crippen LogP contribution in [-0.4, -0.2) is 59.5 Å². The summed E-state index contributed by atoms with van der Waals surface area (Å²) in [5.74, 6) is -0.436. The summed E-state index contributed by atoms with van der Waals surface area (Å²) in [5.41, 5.74) is 1.23. The van der Waals surface area contributed by atoms with E-state index in [1.165, 1.54) is 13.2 Å². The Morgan fingerprint density at radius 2 is 2.28 bits per heavy atom. The van der Waals surface area contributed by atoms with Crippen LogP contribution in [0.5, 0.6) is 5.75 Å². The molecule has 0 saturated carbocycles. The van der Waals surface area contributed by atoms with Crippen molar-refractivity contribution < 1.29 is 18.7 Å². The van der Waals surface area contributed by atoms with Crippen molar-refractivity contribution in [3.63, 3.8) is 0 Å². The van der Waals surface area contributed by atoms with Crippen LogP contribution in [0.1, 0.15) is 17.7 Å². The molecule has 1 fully saturated rings. The first kappa shape index (κ1) is 20.7. The number of methoxy groups -OCH3 is 1. The number of hydrogen-bond acceptors (Lipinski definition) is 6. The summed E-state index contributed by atoms with van der Waals surface area (Å²) in [6, 6.07) is 3.98. The Balaban J connectivity index is 1.57. The van der Waals surface area contributed by atoms with Gasteiger partial charge in [-0.3, -0.25) is 24.5 Å². The maximum atomic E-state index is 14.3. The van der Waals surface area contributed by atoms with Gasteiger partial charge in [0.1, 0.15) is 11.6 Å². The zero-order chi connectivity index (χ0) is 20.6. The summed E-state index contributed by atoms with van der Waals surface area (Å²) in [4.78, 5) is 34.7. The zero-order valence-electron chi connectivity index (χ0n) is 16.2. The minimum atomic E-state index is -0.651. The van der Waals surface area contributed by atoms with Gasteiger partial charge in [-0.15, -0.1) is 0 Å². The van der Waals surface area contributed by atoms with Crippen LogP contribution >= 0.6 is 0 Å². The quantitative estimate of drug-likeness (QED) is 0.675. The van der Waals surface area contributed by atoms with Crippen molar-refractivity contribution in [1.82, 2.24) is 25.5 Å². The van der Waals surface area contributed by atoms with Crippen molar-refractivity contribution in [2.75, 3.05) is 26.7 Å². The molecule has 1 aromatic carbocycles. The molecule has 0 spiro atoms. The number of carbonyl (C=O) groups is 2. The highest BCUT2D eigenvalue weighted by Gasteiger charge is 2.32. The van der Waals surface area contributed by atoms with E-state index < -0.39 is 11.9 Å². The molecular weight excluding hydrogens is 377 g/mol. The molecule has 1 saturated heterocycles. The van der Waals surface area contributed by atoms with Gasteiger partial charge in [0.05, 0.1) is 25.3 Å². The molecule has 1 aliphatic rings. The third-order valence-corrected chi connectivity index (χ3v) is 4.77. The van der Waals surface area contributed by atoms with Gasteiger partial charge in [0.2, 0.25) is 11.8 Å². The predicted molar refractivity (Wildman–Crippen MR) is 104 cm³/mol. The number of hydrogen-bond donors (Lipinski definition) is 2. The van der Waals surface area contributed by atoms with Crippen LogP contribution in [0.2, 0.25) is 0 Å². The summed E-state index contributed by atoms with van der Waals surface area (Å²) >= 11 is 0. The first-order valence-electron chi connectivity index (χ1n) is 9.42. The Morgan fingerprint density at radius 1 is 1.41 bits per heavy atom. The average molecular weight is 401 g/mol. The normalized spacial score (nSPS) is 16.9. The Bertz CT molecular complexity index is 849. The van der Waals surface area contributed by atoms with Crippen LogP contribution in [0.25, 0.3) is 0 Å². The number of carbonyl (C=O) groups excluding carboxylic acids is 2. The Kier molecular flexibility index (Phi) is 7.07. The van der Waals surface area contributed by atoms with E-state index in [0.717, 1.165) is 5.69 Å². The number of aromatic nitrogens is 2. The molecule has 9 heteroatoms. The summed E-state index contributed by atoms with van der Waals surface area (Å²) in [5, 5.41) is 5.58. The largest absolute Gasteiger partial charge is 0.497 e. The van der Waals surface area contributed by atoms with Crippen LogP contribution in [0, 0.1) is 5.82 Å². The SMILES string of the molecule is COc1ccc(CN2CCNC(=O)C2CC(=O)NCCc2cnccn2)c(F)c1. The predicted octanol–water partition coefficient (Wildman–Crippen LogP) is 0.674. The number of nitrogens with zero attached hydrogens (tertiary/aromatic N) is 3. The second-order valence-electron chi connectivity index (χ2n) is 6.74. The van der Waals surface area contributed by atoms with Gasteiger partial charge in [-0.2, -0.15) is 0 Å². The molecule has 8 nitrogen and oxygen atoms in total. The number of nitrogens with one attached hydrogen (secondary N) is 2. The van der Waals surface area contributed by atoms with Crippen LogP contribution in [0.15, 0.2) is 36.8 Å². The van der Waals surface area contributed by atoms with E-state index in [4.69, 9.17) is 4.74 Å². The van der Waals surface area contributed by atoms with Gasteiger partial charge in [0.25, 0.3) is 0 Å². The first-order valence-corrected chi connectivity index (χ1v) is 9.42. The fourth-order valence-electron chi connectivity index (χ4n) is 3.21. The lowest BCUT2D eigenvalue weighted by Crippen LogP contribution is -2.56. The Hall–Kier alpha value is -3.07. The number of piperazine rings is 1. The van der Waals surface area contributed by atoms with Gasteiger partial charge < -0.3 is 15.4 Å². The molecule has 3 rings (SSSR count). The minimum absolute atomic E-state index is 0.00404. The number of rotatable bonds is 8. The molecule has 0 bridgehead atoms. The minimum Gasteiger partial charge on any atom is -0.497 e. The van der Waals surface area contributed by atoms with Crippen molar-refractivity contribution in [3.8, 4) is 5.75 Å². The second kappa shape index (κ2) is 9.92. The number of halogens is 1. The van der Waals surface area contributed by atoms with Crippen molar-refractivity contribution in [3.05, 3.63) is 53.9 Å². The molecule has 2 aromatic rings. The second-order valence-corrected chi connectivity index (χ2v) is 6.74. The molecule has 2 N–H and O–H groups in total. The maximum absolute atomic E-state index is 14.3. The lowest BCUT2D eigenvalue weighted by atomic mass is 10.1. The van der Waals surface area contributed by atoms with Crippen molar-refractivity contribution >= 4 is 11.8 Å². The highest BCUT2D eigenvalue weighted by atomic mass is 19.1. The average Bonchev–Trinajstić information content (AvgIpc) is 2.72. The molecule has 1 aliphatic heterocycles. The molecule has 29 heavy (non-hydrogen) atoms. The smallest absolute Gasteiger partial charge is 0.237 e. The van der Waals surface area contributed by atoms with Crippen LogP contribution < -0.4 is 15.4 Å². The molecule has 2 heterocycles. The van der Waals surface area contributed by atoms with Crippen molar-refractivity contribution in [1.29, 1.82) is 0 Å². The fraction of sp³-hybridized carbons (Fsp3) is 0.400. The molecular formula is C20H24FN5O3. The lowest BCUT2D eigenvalue weighted by Gasteiger charge is -2.34. The van der Waals surface area contributed by atoms with E-state index in [1.54, 1.807) is 30.7 Å². The van der Waals surface area contributed by atoms with Gasteiger partial charge in [-0.25, -0.2) is 4.39 Å². The third-order valence-electron chi connectivity index (χ3n) is 4.77. The molecule has 1 atom stereocenters. The highest BCUT2D eigenvalue weighted by Crippen LogP contribution is 2.20. The molecule has 1 aromatic heterocycles. The third kappa shape index (κ3) is 5.71. The van der Waals surface area contributed by atoms with Gasteiger partial charge in [-0.1, -0.05) is 6.07 Å². The van der Waals surface area contributed by atoms with Gasteiger partial charge in [-0.05, 0) is 6.07 Å². The van der Waals surface area contributed by atoms with Crippen molar-refractivity contribution in [2.24, 2.45) is 0 Å². The van der Waals surface area contributed by atoms with Crippen LogP contribution in [-0.2, 0) is 22.6 Å². The molecule has 0 aliphatic carbocycles. The van der Waals surface area contributed by atoms with Gasteiger partial charge >= 0.3 is 0 Å².